The quantitative estimate of drug-likeness (QED) is 0.769. The second-order valence-corrected chi connectivity index (χ2v) is 7.60. The lowest BCUT2D eigenvalue weighted by molar-refractivity contribution is -0.130. The van der Waals surface area contributed by atoms with Gasteiger partial charge in [0.2, 0.25) is 5.91 Å². The largest absolute Gasteiger partial charge is 0.494 e. The average molecular weight is 363 g/mol. The Hall–Kier alpha value is -1.31. The Balaban J connectivity index is 0.00000264. The van der Waals surface area contributed by atoms with Crippen molar-refractivity contribution in [3.8, 4) is 5.75 Å². The molecule has 0 spiro atoms. The van der Waals surface area contributed by atoms with E-state index in [4.69, 9.17) is 10.5 Å². The van der Waals surface area contributed by atoms with Crippen LogP contribution in [0.5, 0.6) is 5.75 Å². The normalized spacial score (nSPS) is 17.7. The van der Waals surface area contributed by atoms with E-state index in [2.05, 4.69) is 0 Å². The maximum atomic E-state index is 11.9. The van der Waals surface area contributed by atoms with E-state index in [1.165, 1.54) is 18.4 Å². The number of rotatable bonds is 6. The zero-order valence-electron chi connectivity index (χ0n) is 13.1. The van der Waals surface area contributed by atoms with Crippen LogP contribution in [-0.2, 0) is 14.6 Å². The zero-order chi connectivity index (χ0) is 16.2. The third-order valence-electron chi connectivity index (χ3n) is 3.63. The topological polar surface area (TPSA) is 89.7 Å². The molecule has 1 aliphatic heterocycles. The van der Waals surface area contributed by atoms with Gasteiger partial charge in [-0.3, -0.25) is 4.79 Å². The molecule has 1 aromatic rings. The minimum Gasteiger partial charge on any atom is -0.494 e. The second-order valence-electron chi connectivity index (χ2n) is 5.58. The van der Waals surface area contributed by atoms with Crippen LogP contribution in [0.1, 0.15) is 19.3 Å². The molecule has 0 aliphatic carbocycles. The van der Waals surface area contributed by atoms with Gasteiger partial charge in [0.05, 0.1) is 11.5 Å². The third kappa shape index (κ3) is 6.01. The van der Waals surface area contributed by atoms with Gasteiger partial charge in [-0.15, -0.1) is 12.4 Å². The van der Waals surface area contributed by atoms with Gasteiger partial charge in [0.1, 0.15) is 5.75 Å². The van der Waals surface area contributed by atoms with Crippen molar-refractivity contribution in [1.82, 2.24) is 4.90 Å². The van der Waals surface area contributed by atoms with Crippen LogP contribution in [0.25, 0.3) is 0 Å². The molecule has 1 saturated heterocycles. The zero-order valence-corrected chi connectivity index (χ0v) is 14.7. The lowest BCUT2D eigenvalue weighted by atomic mass is 10.3. The number of carbonyl (C=O) groups is 1. The molecule has 0 aromatic heterocycles. The van der Waals surface area contributed by atoms with Crippen molar-refractivity contribution in [3.05, 3.63) is 24.3 Å². The molecule has 130 valence electrons. The molecule has 1 atom stereocenters. The predicted molar refractivity (Wildman–Crippen MR) is 90.7 cm³/mol. The summed E-state index contributed by atoms with van der Waals surface area (Å²) < 4.78 is 28.2. The Bertz CT molecular complexity index is 619. The first-order chi connectivity index (χ1) is 10.4. The summed E-state index contributed by atoms with van der Waals surface area (Å²) in [5.74, 6) is 0.715. The molecule has 0 unspecified atom stereocenters. The monoisotopic (exact) mass is 362 g/mol. The van der Waals surface area contributed by atoms with E-state index in [9.17, 15) is 13.2 Å². The number of carbonyl (C=O) groups excluding carboxylic acids is 1. The van der Waals surface area contributed by atoms with Crippen LogP contribution in [0.15, 0.2) is 29.2 Å². The SMILES string of the molecule is CS(=O)(=O)c1ccc(OCCCC(=O)N2CC[C@@H](N)C2)cc1.Cl. The number of sulfone groups is 1. The fraction of sp³-hybridized carbons (Fsp3) is 0.533. The van der Waals surface area contributed by atoms with Crippen molar-refractivity contribution in [2.45, 2.75) is 30.2 Å². The lowest BCUT2D eigenvalue weighted by Gasteiger charge is -2.15. The molecule has 1 aliphatic rings. The van der Waals surface area contributed by atoms with E-state index in [0.717, 1.165) is 13.0 Å². The summed E-state index contributed by atoms with van der Waals surface area (Å²) in [4.78, 5) is 14.0. The van der Waals surface area contributed by atoms with Crippen LogP contribution in [0.3, 0.4) is 0 Å². The molecule has 23 heavy (non-hydrogen) atoms. The molecule has 1 aromatic carbocycles. The second kappa shape index (κ2) is 8.52. The molecule has 1 fully saturated rings. The highest BCUT2D eigenvalue weighted by molar-refractivity contribution is 7.90. The Morgan fingerprint density at radius 2 is 2.00 bits per heavy atom. The standard InChI is InChI=1S/C15H22N2O4S.ClH/c1-22(19,20)14-6-4-13(5-7-14)21-10-2-3-15(18)17-9-8-12(16)11-17;/h4-7,12H,2-3,8-11,16H2,1H3;1H/t12-;/m1./s1. The molecule has 8 heteroatoms. The Morgan fingerprint density at radius 1 is 1.35 bits per heavy atom. The molecule has 6 nitrogen and oxygen atoms in total. The minimum absolute atomic E-state index is 0. The minimum atomic E-state index is -3.19. The van der Waals surface area contributed by atoms with Gasteiger partial charge in [-0.2, -0.15) is 0 Å². The number of benzene rings is 1. The van der Waals surface area contributed by atoms with E-state index in [1.54, 1.807) is 17.0 Å². The number of hydrogen-bond donors (Lipinski definition) is 1. The maximum Gasteiger partial charge on any atom is 0.222 e. The number of hydrogen-bond acceptors (Lipinski definition) is 5. The van der Waals surface area contributed by atoms with Gasteiger partial charge in [0.15, 0.2) is 9.84 Å². The number of nitrogens with zero attached hydrogens (tertiary/aromatic N) is 1. The fourth-order valence-electron chi connectivity index (χ4n) is 2.37. The number of likely N-dealkylation sites (tertiary alicyclic amines) is 1. The summed E-state index contributed by atoms with van der Waals surface area (Å²) in [5, 5.41) is 0. The fourth-order valence-corrected chi connectivity index (χ4v) is 3.00. The lowest BCUT2D eigenvalue weighted by Crippen LogP contribution is -2.31. The van der Waals surface area contributed by atoms with Crippen LogP contribution in [0, 0.1) is 0 Å². The highest BCUT2D eigenvalue weighted by Crippen LogP contribution is 2.16. The van der Waals surface area contributed by atoms with Gasteiger partial charge in [-0.25, -0.2) is 8.42 Å². The van der Waals surface area contributed by atoms with Crippen LogP contribution < -0.4 is 10.5 Å². The first-order valence-electron chi connectivity index (χ1n) is 7.32. The van der Waals surface area contributed by atoms with Crippen LogP contribution in [0.2, 0.25) is 0 Å². The van der Waals surface area contributed by atoms with Crippen LogP contribution in [-0.4, -0.2) is 51.2 Å². The molecule has 2 rings (SSSR count). The van der Waals surface area contributed by atoms with Crippen LogP contribution in [0.4, 0.5) is 0 Å². The van der Waals surface area contributed by atoms with Crippen molar-refractivity contribution in [2.24, 2.45) is 5.73 Å². The van der Waals surface area contributed by atoms with E-state index in [-0.39, 0.29) is 29.3 Å². The number of nitrogens with two attached hydrogens (primary N) is 1. The molecule has 1 heterocycles. The van der Waals surface area contributed by atoms with Crippen molar-refractivity contribution in [2.75, 3.05) is 26.0 Å². The molecule has 0 bridgehead atoms. The number of halogens is 1. The van der Waals surface area contributed by atoms with E-state index in [1.807, 2.05) is 0 Å². The highest BCUT2D eigenvalue weighted by Gasteiger charge is 2.22. The molecule has 0 radical (unpaired) electrons. The average Bonchev–Trinajstić information content (AvgIpc) is 2.89. The van der Waals surface area contributed by atoms with Gasteiger partial charge in [-0.1, -0.05) is 0 Å². The van der Waals surface area contributed by atoms with Crippen molar-refractivity contribution in [1.29, 1.82) is 0 Å². The first kappa shape index (κ1) is 19.7. The van der Waals surface area contributed by atoms with E-state index < -0.39 is 9.84 Å². The molecule has 0 saturated carbocycles. The first-order valence-corrected chi connectivity index (χ1v) is 9.21. The van der Waals surface area contributed by atoms with E-state index in [0.29, 0.717) is 31.7 Å². The third-order valence-corrected chi connectivity index (χ3v) is 4.76. The van der Waals surface area contributed by atoms with Gasteiger partial charge in [-0.05, 0) is 37.1 Å². The molecule has 2 N–H and O–H groups in total. The molecule has 1 amide bonds. The Morgan fingerprint density at radius 3 is 2.52 bits per heavy atom. The smallest absolute Gasteiger partial charge is 0.222 e. The maximum absolute atomic E-state index is 11.9. The number of ether oxygens (including phenoxy) is 1. The van der Waals surface area contributed by atoms with E-state index >= 15 is 0 Å². The molecular weight excluding hydrogens is 340 g/mol. The van der Waals surface area contributed by atoms with Gasteiger partial charge in [0, 0.05) is 31.8 Å². The Labute approximate surface area is 143 Å². The summed E-state index contributed by atoms with van der Waals surface area (Å²) >= 11 is 0. The van der Waals surface area contributed by atoms with Gasteiger partial charge >= 0.3 is 0 Å². The predicted octanol–water partition coefficient (Wildman–Crippen LogP) is 1.23. The summed E-state index contributed by atoms with van der Waals surface area (Å²) in [6.45, 7) is 1.81. The van der Waals surface area contributed by atoms with Gasteiger partial charge < -0.3 is 15.4 Å². The summed E-state index contributed by atoms with van der Waals surface area (Å²) in [5.41, 5.74) is 5.78. The highest BCUT2D eigenvalue weighted by atomic mass is 35.5. The summed E-state index contributed by atoms with van der Waals surface area (Å²) in [6, 6.07) is 6.38. The van der Waals surface area contributed by atoms with Gasteiger partial charge in [0.25, 0.3) is 0 Å². The van der Waals surface area contributed by atoms with Crippen molar-refractivity contribution < 1.29 is 17.9 Å². The molecular formula is C15H23ClN2O4S. The van der Waals surface area contributed by atoms with Crippen LogP contribution >= 0.6 is 12.4 Å². The number of amides is 1. The summed E-state index contributed by atoms with van der Waals surface area (Å²) in [6.07, 6.45) is 3.10. The summed E-state index contributed by atoms with van der Waals surface area (Å²) in [7, 11) is -3.19. The Kier molecular flexibility index (Phi) is 7.31. The van der Waals surface area contributed by atoms with Crippen molar-refractivity contribution in [3.63, 3.8) is 0 Å². The van der Waals surface area contributed by atoms with Crippen molar-refractivity contribution >= 4 is 28.2 Å².